The summed E-state index contributed by atoms with van der Waals surface area (Å²) < 4.78 is 32.2. The number of morpholine rings is 1. The monoisotopic (exact) mass is 367 g/mol. The average molecular weight is 367 g/mol. The zero-order chi connectivity index (χ0) is 17.9. The molecule has 8 heteroatoms. The number of hydrogen-bond donors (Lipinski definition) is 2. The second-order valence-corrected chi connectivity index (χ2v) is 8.52. The summed E-state index contributed by atoms with van der Waals surface area (Å²) in [6, 6.07) is 6.59. The number of nitrogens with zero attached hydrogens (tertiary/aromatic N) is 1. The van der Waals surface area contributed by atoms with E-state index in [0.717, 1.165) is 5.56 Å². The fourth-order valence-electron chi connectivity index (χ4n) is 3.14. The molecule has 0 saturated carbocycles. The Morgan fingerprint density at radius 3 is 2.52 bits per heavy atom. The molecule has 25 heavy (non-hydrogen) atoms. The van der Waals surface area contributed by atoms with Crippen molar-refractivity contribution in [2.45, 2.75) is 36.7 Å². The van der Waals surface area contributed by atoms with Gasteiger partial charge in [-0.25, -0.2) is 8.42 Å². The number of aryl methyl sites for hydroxylation is 1. The molecule has 2 saturated heterocycles. The Labute approximate surface area is 148 Å². The van der Waals surface area contributed by atoms with Crippen LogP contribution in [0.5, 0.6) is 0 Å². The highest BCUT2D eigenvalue weighted by Crippen LogP contribution is 2.21. The Morgan fingerprint density at radius 2 is 1.92 bits per heavy atom. The van der Waals surface area contributed by atoms with Crippen LogP contribution in [-0.4, -0.2) is 63.6 Å². The van der Waals surface area contributed by atoms with Crippen molar-refractivity contribution < 1.29 is 17.9 Å². The lowest BCUT2D eigenvalue weighted by molar-refractivity contribution is -0.126. The lowest BCUT2D eigenvalue weighted by Gasteiger charge is -2.33. The number of ether oxygens (including phenoxy) is 1. The van der Waals surface area contributed by atoms with Crippen molar-refractivity contribution in [3.63, 3.8) is 0 Å². The number of rotatable bonds is 4. The van der Waals surface area contributed by atoms with Crippen LogP contribution >= 0.6 is 0 Å². The van der Waals surface area contributed by atoms with Crippen LogP contribution < -0.4 is 10.6 Å². The van der Waals surface area contributed by atoms with Gasteiger partial charge in [0.15, 0.2) is 0 Å². The Hall–Kier alpha value is -1.48. The maximum absolute atomic E-state index is 12.7. The quantitative estimate of drug-likeness (QED) is 0.797. The zero-order valence-electron chi connectivity index (χ0n) is 14.4. The van der Waals surface area contributed by atoms with Crippen molar-refractivity contribution in [3.05, 3.63) is 29.8 Å². The molecule has 0 bridgehead atoms. The molecule has 0 aromatic heterocycles. The first-order valence-corrected chi connectivity index (χ1v) is 10.1. The maximum Gasteiger partial charge on any atom is 0.243 e. The number of piperidine rings is 1. The van der Waals surface area contributed by atoms with Gasteiger partial charge < -0.3 is 15.4 Å². The molecule has 1 aromatic carbocycles. The van der Waals surface area contributed by atoms with Gasteiger partial charge in [-0.3, -0.25) is 4.79 Å². The van der Waals surface area contributed by atoms with Crippen LogP contribution in [0.25, 0.3) is 0 Å². The second kappa shape index (κ2) is 7.82. The largest absolute Gasteiger partial charge is 0.378 e. The van der Waals surface area contributed by atoms with E-state index in [1.54, 1.807) is 24.3 Å². The van der Waals surface area contributed by atoms with Crippen LogP contribution in [0.1, 0.15) is 18.4 Å². The van der Waals surface area contributed by atoms with Gasteiger partial charge in [-0.15, -0.1) is 0 Å². The first kappa shape index (κ1) is 18.3. The summed E-state index contributed by atoms with van der Waals surface area (Å²) >= 11 is 0. The molecular weight excluding hydrogens is 342 g/mol. The molecule has 0 spiro atoms. The number of benzene rings is 1. The Morgan fingerprint density at radius 1 is 1.24 bits per heavy atom. The third kappa shape index (κ3) is 4.38. The summed E-state index contributed by atoms with van der Waals surface area (Å²) in [6.07, 6.45) is 1.23. The summed E-state index contributed by atoms with van der Waals surface area (Å²) in [4.78, 5) is 12.5. The van der Waals surface area contributed by atoms with Gasteiger partial charge in [-0.05, 0) is 31.9 Å². The summed E-state index contributed by atoms with van der Waals surface area (Å²) in [5.74, 6) is -0.0699. The predicted molar refractivity (Wildman–Crippen MR) is 93.7 cm³/mol. The van der Waals surface area contributed by atoms with E-state index in [1.807, 2.05) is 6.92 Å². The highest BCUT2D eigenvalue weighted by atomic mass is 32.2. The Kier molecular flexibility index (Phi) is 5.73. The molecule has 0 radical (unpaired) electrons. The summed E-state index contributed by atoms with van der Waals surface area (Å²) in [7, 11) is -3.46. The van der Waals surface area contributed by atoms with Crippen molar-refractivity contribution in [2.24, 2.45) is 0 Å². The Balaban J connectivity index is 1.54. The summed E-state index contributed by atoms with van der Waals surface area (Å²) in [5, 5.41) is 6.13. The van der Waals surface area contributed by atoms with Crippen LogP contribution in [0.15, 0.2) is 29.2 Å². The van der Waals surface area contributed by atoms with Gasteiger partial charge in [0.05, 0.1) is 18.1 Å². The molecule has 7 nitrogen and oxygen atoms in total. The van der Waals surface area contributed by atoms with Crippen LogP contribution in [0.3, 0.4) is 0 Å². The van der Waals surface area contributed by atoms with E-state index < -0.39 is 10.0 Å². The molecule has 2 heterocycles. The fraction of sp³-hybridized carbons (Fsp3) is 0.588. The smallest absolute Gasteiger partial charge is 0.243 e. The Bertz CT molecular complexity index is 691. The maximum atomic E-state index is 12.7. The molecule has 138 valence electrons. The van der Waals surface area contributed by atoms with Crippen LogP contribution in [0.4, 0.5) is 0 Å². The average Bonchev–Trinajstić information content (AvgIpc) is 2.63. The number of carbonyl (C=O) groups excluding carboxylic acids is 1. The van der Waals surface area contributed by atoms with E-state index in [2.05, 4.69) is 10.6 Å². The zero-order valence-corrected chi connectivity index (χ0v) is 15.2. The highest BCUT2D eigenvalue weighted by molar-refractivity contribution is 7.89. The lowest BCUT2D eigenvalue weighted by Crippen LogP contribution is -2.55. The number of sulfonamides is 1. The number of carbonyl (C=O) groups is 1. The van der Waals surface area contributed by atoms with Crippen molar-refractivity contribution in [2.75, 3.05) is 32.8 Å². The first-order chi connectivity index (χ1) is 12.0. The number of amides is 1. The second-order valence-electron chi connectivity index (χ2n) is 6.58. The molecule has 2 fully saturated rings. The van der Waals surface area contributed by atoms with E-state index in [0.29, 0.717) is 50.6 Å². The molecule has 2 aliphatic rings. The SMILES string of the molecule is Cc1ccc(S(=O)(=O)N2CCC(NC(=O)C3COCCN3)CC2)cc1. The number of hydrogen-bond acceptors (Lipinski definition) is 5. The van der Waals surface area contributed by atoms with Crippen LogP contribution in [-0.2, 0) is 19.6 Å². The fourth-order valence-corrected chi connectivity index (χ4v) is 4.61. The van der Waals surface area contributed by atoms with Gasteiger partial charge in [0.25, 0.3) is 0 Å². The predicted octanol–water partition coefficient (Wildman–Crippen LogP) is 0.253. The standard InChI is InChI=1S/C17H25N3O4S/c1-13-2-4-15(5-3-13)25(22,23)20-9-6-14(7-10-20)19-17(21)16-12-24-11-8-18-16/h2-5,14,16,18H,6-12H2,1H3,(H,19,21). The van der Waals surface area contributed by atoms with E-state index in [9.17, 15) is 13.2 Å². The van der Waals surface area contributed by atoms with Crippen molar-refractivity contribution in [3.8, 4) is 0 Å². The van der Waals surface area contributed by atoms with E-state index in [-0.39, 0.29) is 18.0 Å². The summed E-state index contributed by atoms with van der Waals surface area (Å²) in [5.41, 5.74) is 1.03. The van der Waals surface area contributed by atoms with Crippen LogP contribution in [0.2, 0.25) is 0 Å². The molecule has 1 atom stereocenters. The third-order valence-corrected chi connectivity index (χ3v) is 6.61. The van der Waals surface area contributed by atoms with Crippen LogP contribution in [0, 0.1) is 6.92 Å². The minimum atomic E-state index is -3.46. The van der Waals surface area contributed by atoms with E-state index in [4.69, 9.17) is 4.74 Å². The minimum absolute atomic E-state index is 0.000643. The highest BCUT2D eigenvalue weighted by Gasteiger charge is 2.31. The summed E-state index contributed by atoms with van der Waals surface area (Å²) in [6.45, 7) is 4.43. The first-order valence-electron chi connectivity index (χ1n) is 8.65. The van der Waals surface area contributed by atoms with Crippen molar-refractivity contribution in [1.82, 2.24) is 14.9 Å². The molecule has 2 N–H and O–H groups in total. The molecule has 1 amide bonds. The molecule has 1 unspecified atom stereocenters. The minimum Gasteiger partial charge on any atom is -0.378 e. The van der Waals surface area contributed by atoms with Gasteiger partial charge in [0.1, 0.15) is 6.04 Å². The van der Waals surface area contributed by atoms with Crippen molar-refractivity contribution in [1.29, 1.82) is 0 Å². The third-order valence-electron chi connectivity index (χ3n) is 4.70. The number of nitrogens with one attached hydrogen (secondary N) is 2. The molecule has 1 aromatic rings. The lowest BCUT2D eigenvalue weighted by atomic mass is 10.1. The van der Waals surface area contributed by atoms with E-state index >= 15 is 0 Å². The van der Waals surface area contributed by atoms with Gasteiger partial charge >= 0.3 is 0 Å². The van der Waals surface area contributed by atoms with Gasteiger partial charge in [-0.2, -0.15) is 4.31 Å². The molecule has 3 rings (SSSR count). The van der Waals surface area contributed by atoms with E-state index in [1.165, 1.54) is 4.31 Å². The normalized spacial score (nSPS) is 23.3. The van der Waals surface area contributed by atoms with Gasteiger partial charge in [0.2, 0.25) is 15.9 Å². The topological polar surface area (TPSA) is 87.7 Å². The van der Waals surface area contributed by atoms with Gasteiger partial charge in [-0.1, -0.05) is 17.7 Å². The van der Waals surface area contributed by atoms with Crippen molar-refractivity contribution >= 4 is 15.9 Å². The molecule has 2 aliphatic heterocycles. The van der Waals surface area contributed by atoms with Gasteiger partial charge in [0, 0.05) is 25.7 Å². The molecular formula is C17H25N3O4S. The molecule has 0 aliphatic carbocycles.